The zero-order chi connectivity index (χ0) is 19.1. The van der Waals surface area contributed by atoms with Gasteiger partial charge in [-0.3, -0.25) is 4.79 Å². The van der Waals surface area contributed by atoms with E-state index in [4.69, 9.17) is 9.84 Å². The minimum atomic E-state index is -0.892. The lowest BCUT2D eigenvalue weighted by Gasteiger charge is -2.30. The van der Waals surface area contributed by atoms with E-state index in [0.717, 1.165) is 19.3 Å². The zero-order valence-electron chi connectivity index (χ0n) is 15.4. The minimum absolute atomic E-state index is 0.0529. The number of thioether (sulfide) groups is 1. The number of rotatable bonds is 4. The average molecular weight is 389 g/mol. The fraction of sp³-hybridized carbons (Fsp3) is 0.842. The Balaban J connectivity index is 2.16. The Morgan fingerprint density at radius 1 is 1.35 bits per heavy atom. The van der Waals surface area contributed by atoms with Crippen molar-refractivity contribution in [1.29, 1.82) is 0 Å². The molecule has 2 aliphatic rings. The highest BCUT2D eigenvalue weighted by Crippen LogP contribution is 2.39. The smallest absolute Gasteiger partial charge is 0.307 e. The Morgan fingerprint density at radius 3 is 2.85 bits per heavy atom. The summed E-state index contributed by atoms with van der Waals surface area (Å²) in [6, 6.07) is 0. The van der Waals surface area contributed by atoms with E-state index in [1.54, 1.807) is 0 Å². The first-order valence-electron chi connectivity index (χ1n) is 9.53. The maximum absolute atomic E-state index is 12.3. The Kier molecular flexibility index (Phi) is 8.90. The van der Waals surface area contributed by atoms with Crippen molar-refractivity contribution in [3.8, 4) is 0 Å². The molecule has 1 heterocycles. The number of aliphatic hydroxyl groups is 4. The van der Waals surface area contributed by atoms with E-state index in [9.17, 15) is 20.1 Å². The van der Waals surface area contributed by atoms with Gasteiger partial charge in [-0.05, 0) is 50.9 Å². The molecule has 1 saturated carbocycles. The fourth-order valence-electron chi connectivity index (χ4n) is 3.82. The largest absolute Gasteiger partial charge is 0.463 e. The summed E-state index contributed by atoms with van der Waals surface area (Å²) < 4.78 is 5.46. The molecule has 0 amide bonds. The van der Waals surface area contributed by atoms with Crippen molar-refractivity contribution in [3.05, 3.63) is 12.2 Å². The molecule has 4 N–H and O–H groups in total. The van der Waals surface area contributed by atoms with Gasteiger partial charge >= 0.3 is 5.97 Å². The van der Waals surface area contributed by atoms with Gasteiger partial charge in [0.05, 0.1) is 37.4 Å². The molecule has 26 heavy (non-hydrogen) atoms. The van der Waals surface area contributed by atoms with Gasteiger partial charge in [0, 0.05) is 11.0 Å². The van der Waals surface area contributed by atoms with Crippen LogP contribution in [0.4, 0.5) is 0 Å². The summed E-state index contributed by atoms with van der Waals surface area (Å²) in [6.45, 7) is 1.52. The van der Waals surface area contributed by atoms with Crippen LogP contribution in [-0.4, -0.2) is 68.4 Å². The van der Waals surface area contributed by atoms with E-state index in [2.05, 4.69) is 12.2 Å². The molecule has 0 spiro atoms. The predicted molar refractivity (Wildman–Crippen MR) is 101 cm³/mol. The number of carbonyl (C=O) groups is 1. The lowest BCUT2D eigenvalue weighted by molar-refractivity contribution is -0.149. The SMILES string of the molecule is C[C@H]1CCC/C=C/[C@@H]2C[C@H](O)C[C@H]2[C@H](O)[C@@H](SCC(O)CO)CC(=O)O1. The fourth-order valence-corrected chi connectivity index (χ4v) is 5.05. The Bertz CT molecular complexity index is 471. The minimum Gasteiger partial charge on any atom is -0.463 e. The molecule has 0 aromatic heterocycles. The van der Waals surface area contributed by atoms with E-state index in [1.807, 2.05) is 6.92 Å². The highest BCUT2D eigenvalue weighted by molar-refractivity contribution is 8.00. The number of fused-ring (bicyclic) bond motifs is 1. The van der Waals surface area contributed by atoms with Crippen molar-refractivity contribution in [3.63, 3.8) is 0 Å². The van der Waals surface area contributed by atoms with Gasteiger partial charge in [0.15, 0.2) is 0 Å². The van der Waals surface area contributed by atoms with Crippen molar-refractivity contribution < 1.29 is 30.0 Å². The second-order valence-electron chi connectivity index (χ2n) is 7.52. The Morgan fingerprint density at radius 2 is 2.12 bits per heavy atom. The van der Waals surface area contributed by atoms with E-state index in [-0.39, 0.29) is 42.7 Å². The van der Waals surface area contributed by atoms with Gasteiger partial charge in [-0.2, -0.15) is 11.8 Å². The van der Waals surface area contributed by atoms with Crippen LogP contribution >= 0.6 is 11.8 Å². The standard InChI is InChI=1S/C19H32O6S/c1-12-5-3-2-4-6-13-7-14(21)8-16(13)19(24)17(9-18(23)25-12)26-11-15(22)10-20/h4,6,12-17,19-22,24H,2-3,5,7-11H2,1H3/b6-4+/t12-,13+,14-,15?,16+,17-,19-/m0/s1. The number of hydrogen-bond donors (Lipinski definition) is 4. The van der Waals surface area contributed by atoms with Gasteiger partial charge in [0.25, 0.3) is 0 Å². The molecule has 2 rings (SSSR count). The Labute approximate surface area is 159 Å². The van der Waals surface area contributed by atoms with Crippen molar-refractivity contribution >= 4 is 17.7 Å². The zero-order valence-corrected chi connectivity index (χ0v) is 16.2. The molecular weight excluding hydrogens is 356 g/mol. The molecule has 1 aliphatic heterocycles. The topological polar surface area (TPSA) is 107 Å². The van der Waals surface area contributed by atoms with Crippen LogP contribution < -0.4 is 0 Å². The third-order valence-electron chi connectivity index (χ3n) is 5.24. The maximum atomic E-state index is 12.3. The summed E-state index contributed by atoms with van der Waals surface area (Å²) in [5, 5.41) is 39.3. The van der Waals surface area contributed by atoms with Crippen LogP contribution in [0.15, 0.2) is 12.2 Å². The van der Waals surface area contributed by atoms with Gasteiger partial charge < -0.3 is 25.2 Å². The molecule has 7 atom stereocenters. The van der Waals surface area contributed by atoms with Crippen LogP contribution in [-0.2, 0) is 9.53 Å². The number of esters is 1. The van der Waals surface area contributed by atoms with E-state index in [0.29, 0.717) is 12.8 Å². The average Bonchev–Trinajstić information content (AvgIpc) is 2.97. The lowest BCUT2D eigenvalue weighted by Crippen LogP contribution is -2.36. The number of hydrogen-bond acceptors (Lipinski definition) is 7. The molecule has 1 unspecified atom stereocenters. The first kappa shape index (κ1) is 21.7. The van der Waals surface area contributed by atoms with Crippen LogP contribution in [0.25, 0.3) is 0 Å². The van der Waals surface area contributed by atoms with Crippen molar-refractivity contribution in [1.82, 2.24) is 0 Å². The quantitative estimate of drug-likeness (QED) is 0.424. The molecule has 150 valence electrons. The molecule has 1 aliphatic carbocycles. The molecule has 0 radical (unpaired) electrons. The molecule has 0 aromatic carbocycles. The van der Waals surface area contributed by atoms with Gasteiger partial charge in [-0.25, -0.2) is 0 Å². The van der Waals surface area contributed by atoms with Gasteiger partial charge in [-0.1, -0.05) is 12.2 Å². The summed E-state index contributed by atoms with van der Waals surface area (Å²) in [6.07, 6.45) is 5.68. The van der Waals surface area contributed by atoms with Crippen molar-refractivity contribution in [2.45, 2.75) is 75.1 Å². The first-order chi connectivity index (χ1) is 12.4. The number of carbonyl (C=O) groups excluding carboxylic acids is 1. The molecule has 0 saturated heterocycles. The van der Waals surface area contributed by atoms with Crippen molar-refractivity contribution in [2.75, 3.05) is 12.4 Å². The normalized spacial score (nSPS) is 39.0. The summed E-state index contributed by atoms with van der Waals surface area (Å²) in [5.41, 5.74) is 0. The summed E-state index contributed by atoms with van der Waals surface area (Å²) in [5.74, 6) is -0.164. The van der Waals surface area contributed by atoms with E-state index < -0.39 is 23.6 Å². The van der Waals surface area contributed by atoms with Gasteiger partial charge in [-0.15, -0.1) is 0 Å². The van der Waals surface area contributed by atoms with Crippen LogP contribution in [0.5, 0.6) is 0 Å². The summed E-state index contributed by atoms with van der Waals surface area (Å²) in [7, 11) is 0. The van der Waals surface area contributed by atoms with Crippen LogP contribution in [0.1, 0.15) is 45.4 Å². The maximum Gasteiger partial charge on any atom is 0.307 e. The number of ether oxygens (including phenoxy) is 1. The number of aliphatic hydroxyl groups excluding tert-OH is 4. The highest BCUT2D eigenvalue weighted by Gasteiger charge is 2.40. The monoisotopic (exact) mass is 388 g/mol. The van der Waals surface area contributed by atoms with Crippen molar-refractivity contribution in [2.24, 2.45) is 11.8 Å². The third kappa shape index (κ3) is 6.53. The summed E-state index contributed by atoms with van der Waals surface area (Å²) in [4.78, 5) is 12.3. The summed E-state index contributed by atoms with van der Waals surface area (Å²) >= 11 is 1.28. The first-order valence-corrected chi connectivity index (χ1v) is 10.6. The Hall–Kier alpha value is -0.600. The van der Waals surface area contributed by atoms with Gasteiger partial charge in [0.2, 0.25) is 0 Å². The van der Waals surface area contributed by atoms with Gasteiger partial charge in [0.1, 0.15) is 0 Å². The third-order valence-corrected chi connectivity index (χ3v) is 6.69. The molecule has 1 fully saturated rings. The molecular formula is C19H32O6S. The molecule has 0 aromatic rings. The second-order valence-corrected chi connectivity index (χ2v) is 8.79. The number of allylic oxidation sites excluding steroid dienone is 2. The molecule has 0 bridgehead atoms. The van der Waals surface area contributed by atoms with Crippen LogP contribution in [0, 0.1) is 11.8 Å². The van der Waals surface area contributed by atoms with Crippen LogP contribution in [0.2, 0.25) is 0 Å². The molecule has 6 nitrogen and oxygen atoms in total. The molecule has 7 heteroatoms. The second kappa shape index (κ2) is 10.7. The highest BCUT2D eigenvalue weighted by atomic mass is 32.2. The number of cyclic esters (lactones) is 1. The predicted octanol–water partition coefficient (Wildman–Crippen LogP) is 1.25. The van der Waals surface area contributed by atoms with E-state index in [1.165, 1.54) is 11.8 Å². The van der Waals surface area contributed by atoms with E-state index >= 15 is 0 Å². The lowest BCUT2D eigenvalue weighted by atomic mass is 9.87. The van der Waals surface area contributed by atoms with Crippen LogP contribution in [0.3, 0.4) is 0 Å².